The summed E-state index contributed by atoms with van der Waals surface area (Å²) in [5, 5.41) is 8.18. The van der Waals surface area contributed by atoms with Gasteiger partial charge in [-0.1, -0.05) is 20.8 Å². The Hall–Kier alpha value is -0.840. The number of aliphatic imine (C=N–C) groups is 1. The van der Waals surface area contributed by atoms with Gasteiger partial charge < -0.3 is 0 Å². The van der Waals surface area contributed by atoms with Crippen molar-refractivity contribution in [2.75, 3.05) is 0 Å². The van der Waals surface area contributed by atoms with Crippen molar-refractivity contribution >= 4 is 5.71 Å². The average Bonchev–Trinajstić information content (AvgIpc) is 1.82. The number of nitrogens with zero attached hydrogens (tertiary/aromatic N) is 2. The van der Waals surface area contributed by atoms with Gasteiger partial charge in [-0.05, 0) is 12.3 Å². The topological polar surface area (TPSA) is 36.1 Å². The lowest BCUT2D eigenvalue weighted by Gasteiger charge is -2.02. The maximum Gasteiger partial charge on any atom is 0.205 e. The van der Waals surface area contributed by atoms with Crippen molar-refractivity contribution in [3.8, 4) is 6.19 Å². The Bertz CT molecular complexity index is 139. The number of nitriles is 1. The van der Waals surface area contributed by atoms with Crippen LogP contribution in [0.3, 0.4) is 0 Å². The predicted molar refractivity (Wildman–Crippen MR) is 38.2 cm³/mol. The van der Waals surface area contributed by atoms with Crippen LogP contribution in [-0.2, 0) is 0 Å². The fourth-order valence-corrected chi connectivity index (χ4v) is 0.681. The summed E-state index contributed by atoms with van der Waals surface area (Å²) in [5.74, 6) is 0.412. The number of rotatable bonds is 2. The molecular weight excluding hydrogens is 112 g/mol. The number of hydrogen-bond donors (Lipinski definition) is 0. The summed E-state index contributed by atoms with van der Waals surface area (Å²) in [7, 11) is 0. The summed E-state index contributed by atoms with van der Waals surface area (Å²) in [6, 6.07) is 0. The maximum absolute atomic E-state index is 8.18. The van der Waals surface area contributed by atoms with E-state index < -0.39 is 0 Å². The third-order valence-electron chi connectivity index (χ3n) is 1.22. The molecule has 2 nitrogen and oxygen atoms in total. The van der Waals surface area contributed by atoms with Crippen molar-refractivity contribution in [3.05, 3.63) is 0 Å². The largest absolute Gasteiger partial charge is 0.205 e. The summed E-state index contributed by atoms with van der Waals surface area (Å²) in [5.41, 5.74) is 0.984. The van der Waals surface area contributed by atoms with Crippen LogP contribution >= 0.6 is 0 Å². The fraction of sp³-hybridized carbons (Fsp3) is 0.714. The third-order valence-corrected chi connectivity index (χ3v) is 1.22. The summed E-state index contributed by atoms with van der Waals surface area (Å²) in [4.78, 5) is 3.66. The van der Waals surface area contributed by atoms with Crippen LogP contribution in [0, 0.1) is 17.4 Å². The molecule has 0 saturated carbocycles. The van der Waals surface area contributed by atoms with E-state index in [9.17, 15) is 0 Å². The molecule has 0 aliphatic carbocycles. The Balaban J connectivity index is 4.02. The van der Waals surface area contributed by atoms with Gasteiger partial charge in [-0.25, -0.2) is 0 Å². The minimum absolute atomic E-state index is 0.412. The van der Waals surface area contributed by atoms with Crippen LogP contribution in [0.4, 0.5) is 0 Å². The Morgan fingerprint density at radius 2 is 2.22 bits per heavy atom. The van der Waals surface area contributed by atoms with Gasteiger partial charge >= 0.3 is 0 Å². The Labute approximate surface area is 56.2 Å². The number of hydrogen-bond acceptors (Lipinski definition) is 2. The smallest absolute Gasteiger partial charge is 0.182 e. The summed E-state index contributed by atoms with van der Waals surface area (Å²) in [6.07, 6.45) is 2.67. The van der Waals surface area contributed by atoms with Gasteiger partial charge in [0.05, 0.1) is 0 Å². The molecule has 0 N–H and O–H groups in total. The Morgan fingerprint density at radius 1 is 1.67 bits per heavy atom. The van der Waals surface area contributed by atoms with Crippen LogP contribution in [0.1, 0.15) is 27.2 Å². The van der Waals surface area contributed by atoms with E-state index in [-0.39, 0.29) is 0 Å². The molecule has 0 unspecified atom stereocenters. The molecule has 0 atom stereocenters. The van der Waals surface area contributed by atoms with Gasteiger partial charge in [-0.15, -0.1) is 0 Å². The minimum Gasteiger partial charge on any atom is -0.182 e. The normalized spacial score (nSPS) is 11.7. The van der Waals surface area contributed by atoms with E-state index >= 15 is 0 Å². The molecule has 0 fully saturated rings. The van der Waals surface area contributed by atoms with Gasteiger partial charge in [0.1, 0.15) is 0 Å². The van der Waals surface area contributed by atoms with Crippen LogP contribution in [-0.4, -0.2) is 5.71 Å². The van der Waals surface area contributed by atoms with Crippen molar-refractivity contribution < 1.29 is 0 Å². The van der Waals surface area contributed by atoms with Crippen molar-refractivity contribution in [1.82, 2.24) is 0 Å². The molecular formula is C7H12N2. The molecule has 0 aromatic carbocycles. The van der Waals surface area contributed by atoms with Crippen LogP contribution < -0.4 is 0 Å². The zero-order valence-electron chi connectivity index (χ0n) is 6.18. The van der Waals surface area contributed by atoms with Crippen molar-refractivity contribution in [2.45, 2.75) is 27.2 Å². The van der Waals surface area contributed by atoms with Crippen LogP contribution in [0.15, 0.2) is 4.99 Å². The zero-order valence-corrected chi connectivity index (χ0v) is 6.18. The zero-order chi connectivity index (χ0) is 7.28. The van der Waals surface area contributed by atoms with E-state index in [0.717, 1.165) is 12.1 Å². The van der Waals surface area contributed by atoms with E-state index in [1.165, 1.54) is 0 Å². The maximum atomic E-state index is 8.18. The molecule has 0 rings (SSSR count). The second-order valence-electron chi connectivity index (χ2n) is 2.21. The van der Waals surface area contributed by atoms with E-state index in [2.05, 4.69) is 4.99 Å². The summed E-state index contributed by atoms with van der Waals surface area (Å²) in [6.45, 7) is 6.09. The molecule has 50 valence electrons. The molecule has 0 aromatic heterocycles. The Morgan fingerprint density at radius 3 is 2.33 bits per heavy atom. The van der Waals surface area contributed by atoms with Crippen LogP contribution in [0.25, 0.3) is 0 Å². The standard InChI is InChI=1S/C7H12N2/c1-4-7(6(2)3)9-5-8/h6H,4H2,1-3H3. The predicted octanol–water partition coefficient (Wildman–Crippen LogP) is 1.97. The van der Waals surface area contributed by atoms with Gasteiger partial charge in [0, 0.05) is 5.71 Å². The van der Waals surface area contributed by atoms with Gasteiger partial charge in [0.25, 0.3) is 0 Å². The molecule has 9 heavy (non-hydrogen) atoms. The van der Waals surface area contributed by atoms with Crippen LogP contribution in [0.2, 0.25) is 0 Å². The second-order valence-corrected chi connectivity index (χ2v) is 2.21. The average molecular weight is 124 g/mol. The molecule has 0 radical (unpaired) electrons. The molecule has 0 saturated heterocycles. The van der Waals surface area contributed by atoms with E-state index in [4.69, 9.17) is 5.26 Å². The van der Waals surface area contributed by atoms with Crippen molar-refractivity contribution in [3.63, 3.8) is 0 Å². The summed E-state index contributed by atoms with van der Waals surface area (Å²) < 4.78 is 0. The fourth-order valence-electron chi connectivity index (χ4n) is 0.681. The monoisotopic (exact) mass is 124 g/mol. The lowest BCUT2D eigenvalue weighted by atomic mass is 10.1. The quantitative estimate of drug-likeness (QED) is 0.409. The Kier molecular flexibility index (Phi) is 3.70. The van der Waals surface area contributed by atoms with E-state index in [1.54, 1.807) is 6.19 Å². The van der Waals surface area contributed by atoms with Crippen LogP contribution in [0.5, 0.6) is 0 Å². The van der Waals surface area contributed by atoms with Gasteiger partial charge in [0.15, 0.2) is 0 Å². The molecule has 2 heteroatoms. The van der Waals surface area contributed by atoms with E-state index in [1.807, 2.05) is 20.8 Å². The lowest BCUT2D eigenvalue weighted by molar-refractivity contribution is 0.858. The lowest BCUT2D eigenvalue weighted by Crippen LogP contribution is -2.04. The first-order valence-corrected chi connectivity index (χ1v) is 3.17. The van der Waals surface area contributed by atoms with Crippen molar-refractivity contribution in [1.29, 1.82) is 5.26 Å². The first-order chi connectivity index (χ1) is 4.22. The molecule has 0 amide bonds. The van der Waals surface area contributed by atoms with Gasteiger partial charge in [0.2, 0.25) is 6.19 Å². The van der Waals surface area contributed by atoms with E-state index in [0.29, 0.717) is 5.92 Å². The van der Waals surface area contributed by atoms with Crippen molar-refractivity contribution in [2.24, 2.45) is 10.9 Å². The summed E-state index contributed by atoms with van der Waals surface area (Å²) >= 11 is 0. The molecule has 0 aromatic rings. The SMILES string of the molecule is CCC(=NC#N)C(C)C. The minimum atomic E-state index is 0.412. The molecule has 0 heterocycles. The molecule has 0 bridgehead atoms. The highest BCUT2D eigenvalue weighted by atomic mass is 14.7. The first-order valence-electron chi connectivity index (χ1n) is 3.17. The highest BCUT2D eigenvalue weighted by molar-refractivity contribution is 5.86. The molecule has 0 aliphatic heterocycles. The first kappa shape index (κ1) is 8.16. The highest BCUT2D eigenvalue weighted by Gasteiger charge is 1.99. The van der Waals surface area contributed by atoms with Gasteiger partial charge in [-0.3, -0.25) is 0 Å². The third kappa shape index (κ3) is 2.86. The molecule has 0 spiro atoms. The molecule has 0 aliphatic rings. The van der Waals surface area contributed by atoms with Gasteiger partial charge in [-0.2, -0.15) is 10.3 Å². The highest BCUT2D eigenvalue weighted by Crippen LogP contribution is 1.99. The second kappa shape index (κ2) is 4.08.